The second-order valence-corrected chi connectivity index (χ2v) is 5.30. The third-order valence-corrected chi connectivity index (χ3v) is 3.63. The van der Waals surface area contributed by atoms with Crippen molar-refractivity contribution in [2.45, 2.75) is 6.42 Å². The Labute approximate surface area is 122 Å². The van der Waals surface area contributed by atoms with Crippen molar-refractivity contribution >= 4 is 23.2 Å². The van der Waals surface area contributed by atoms with Crippen LogP contribution in [0.4, 0.5) is 5.69 Å². The maximum Gasteiger partial charge on any atom is 0.283 e. The van der Waals surface area contributed by atoms with Crippen LogP contribution in [-0.4, -0.2) is 53.9 Å². The molecule has 1 aliphatic rings. The second kappa shape index (κ2) is 6.19. The van der Waals surface area contributed by atoms with Gasteiger partial charge in [0.1, 0.15) is 5.56 Å². The average molecular weight is 298 g/mol. The van der Waals surface area contributed by atoms with Gasteiger partial charge in [0.05, 0.1) is 4.92 Å². The van der Waals surface area contributed by atoms with Crippen LogP contribution in [0, 0.1) is 10.1 Å². The molecule has 0 aromatic heterocycles. The maximum atomic E-state index is 12.5. The molecule has 1 aliphatic heterocycles. The molecule has 1 fully saturated rings. The van der Waals surface area contributed by atoms with Crippen molar-refractivity contribution in [3.63, 3.8) is 0 Å². The van der Waals surface area contributed by atoms with E-state index in [-0.39, 0.29) is 22.2 Å². The van der Waals surface area contributed by atoms with Gasteiger partial charge < -0.3 is 9.80 Å². The molecular weight excluding hydrogens is 282 g/mol. The summed E-state index contributed by atoms with van der Waals surface area (Å²) in [6, 6.07) is 4.15. The zero-order chi connectivity index (χ0) is 14.7. The summed E-state index contributed by atoms with van der Waals surface area (Å²) in [7, 11) is 2.00. The zero-order valence-corrected chi connectivity index (χ0v) is 12.0. The number of likely N-dealkylation sites (N-methyl/N-ethyl adjacent to an activating group) is 1. The number of nitrogens with zero attached hydrogens (tertiary/aromatic N) is 3. The summed E-state index contributed by atoms with van der Waals surface area (Å²) in [6.07, 6.45) is 0.865. The maximum absolute atomic E-state index is 12.5. The van der Waals surface area contributed by atoms with Crippen LogP contribution in [0.25, 0.3) is 0 Å². The molecule has 0 spiro atoms. The van der Waals surface area contributed by atoms with Crippen LogP contribution in [-0.2, 0) is 0 Å². The van der Waals surface area contributed by atoms with E-state index >= 15 is 0 Å². The van der Waals surface area contributed by atoms with Gasteiger partial charge in [0, 0.05) is 30.7 Å². The number of amides is 1. The molecule has 0 saturated carbocycles. The summed E-state index contributed by atoms with van der Waals surface area (Å²) in [5.41, 5.74) is -0.135. The summed E-state index contributed by atoms with van der Waals surface area (Å²) < 4.78 is 0. The first kappa shape index (κ1) is 14.7. The molecule has 6 nitrogen and oxygen atoms in total. The quantitative estimate of drug-likeness (QED) is 0.619. The van der Waals surface area contributed by atoms with Gasteiger partial charge >= 0.3 is 0 Å². The van der Waals surface area contributed by atoms with Crippen LogP contribution in [0.3, 0.4) is 0 Å². The number of benzene rings is 1. The van der Waals surface area contributed by atoms with Gasteiger partial charge in [0.25, 0.3) is 11.6 Å². The Morgan fingerprint density at radius 1 is 1.30 bits per heavy atom. The first-order valence-corrected chi connectivity index (χ1v) is 6.78. The van der Waals surface area contributed by atoms with Crippen LogP contribution in [0.2, 0.25) is 5.02 Å². The van der Waals surface area contributed by atoms with Crippen LogP contribution < -0.4 is 0 Å². The summed E-state index contributed by atoms with van der Waals surface area (Å²) in [6.45, 7) is 2.89. The summed E-state index contributed by atoms with van der Waals surface area (Å²) in [4.78, 5) is 26.7. The van der Waals surface area contributed by atoms with Crippen molar-refractivity contribution in [1.29, 1.82) is 0 Å². The first-order valence-electron chi connectivity index (χ1n) is 6.41. The number of rotatable bonds is 2. The van der Waals surface area contributed by atoms with Gasteiger partial charge in [0.2, 0.25) is 0 Å². The van der Waals surface area contributed by atoms with Crippen LogP contribution in [0.15, 0.2) is 18.2 Å². The van der Waals surface area contributed by atoms with E-state index < -0.39 is 4.92 Å². The standard InChI is InChI=1S/C13H16ClN3O3/c1-15-5-2-6-16(8-7-15)13(18)11-4-3-10(14)9-12(11)17(19)20/h3-4,9H,2,5-8H2,1H3. The largest absolute Gasteiger partial charge is 0.337 e. The molecule has 1 aromatic rings. The highest BCUT2D eigenvalue weighted by Gasteiger charge is 2.26. The lowest BCUT2D eigenvalue weighted by Gasteiger charge is -2.20. The van der Waals surface area contributed by atoms with E-state index in [0.717, 1.165) is 19.5 Å². The Bertz CT molecular complexity index is 536. The molecule has 1 amide bonds. The van der Waals surface area contributed by atoms with Gasteiger partial charge in [-0.05, 0) is 32.1 Å². The topological polar surface area (TPSA) is 66.7 Å². The molecule has 20 heavy (non-hydrogen) atoms. The van der Waals surface area contributed by atoms with Crippen LogP contribution >= 0.6 is 11.6 Å². The zero-order valence-electron chi connectivity index (χ0n) is 11.2. The van der Waals surface area contributed by atoms with Gasteiger partial charge in [-0.2, -0.15) is 0 Å². The third-order valence-electron chi connectivity index (χ3n) is 3.39. The number of nitro benzene ring substituents is 1. The molecular formula is C13H16ClN3O3. The van der Waals surface area contributed by atoms with Gasteiger partial charge in [-0.15, -0.1) is 0 Å². The monoisotopic (exact) mass is 297 g/mol. The molecule has 0 aliphatic carbocycles. The fraction of sp³-hybridized carbons (Fsp3) is 0.462. The first-order chi connectivity index (χ1) is 9.49. The molecule has 1 saturated heterocycles. The SMILES string of the molecule is CN1CCCN(C(=O)c2ccc(Cl)cc2[N+](=O)[O-])CC1. The Hall–Kier alpha value is -1.66. The normalized spacial score (nSPS) is 16.8. The minimum atomic E-state index is -0.566. The molecule has 2 rings (SSSR count). The fourth-order valence-electron chi connectivity index (χ4n) is 2.26. The van der Waals surface area contributed by atoms with Crippen molar-refractivity contribution in [3.8, 4) is 0 Å². The molecule has 7 heteroatoms. The minimum absolute atomic E-state index is 0.101. The van der Waals surface area contributed by atoms with Gasteiger partial charge in [0.15, 0.2) is 0 Å². The van der Waals surface area contributed by atoms with Crippen molar-refractivity contribution in [3.05, 3.63) is 38.9 Å². The number of carbonyl (C=O) groups is 1. The number of carbonyl (C=O) groups excluding carboxylic acids is 1. The van der Waals surface area contributed by atoms with Gasteiger partial charge in [-0.25, -0.2) is 0 Å². The predicted octanol–water partition coefficient (Wildman–Crippen LogP) is 2.03. The predicted molar refractivity (Wildman–Crippen MR) is 76.1 cm³/mol. The molecule has 1 heterocycles. The molecule has 0 atom stereocenters. The van der Waals surface area contributed by atoms with Crippen LogP contribution in [0.1, 0.15) is 16.8 Å². The lowest BCUT2D eigenvalue weighted by molar-refractivity contribution is -0.385. The van der Waals surface area contributed by atoms with Gasteiger partial charge in [-0.3, -0.25) is 14.9 Å². The lowest BCUT2D eigenvalue weighted by atomic mass is 10.1. The Morgan fingerprint density at radius 3 is 2.75 bits per heavy atom. The summed E-state index contributed by atoms with van der Waals surface area (Å²) in [5.74, 6) is -0.302. The molecule has 108 valence electrons. The molecule has 0 bridgehead atoms. The van der Waals surface area contributed by atoms with Crippen LogP contribution in [0.5, 0.6) is 0 Å². The molecule has 0 radical (unpaired) electrons. The summed E-state index contributed by atoms with van der Waals surface area (Å²) in [5, 5.41) is 11.3. The van der Waals surface area contributed by atoms with E-state index in [1.807, 2.05) is 7.05 Å². The van der Waals surface area contributed by atoms with E-state index in [0.29, 0.717) is 13.1 Å². The Kier molecular flexibility index (Phi) is 4.57. The number of hydrogen-bond donors (Lipinski definition) is 0. The minimum Gasteiger partial charge on any atom is -0.337 e. The smallest absolute Gasteiger partial charge is 0.283 e. The second-order valence-electron chi connectivity index (χ2n) is 4.87. The highest BCUT2D eigenvalue weighted by Crippen LogP contribution is 2.24. The Balaban J connectivity index is 2.26. The third kappa shape index (κ3) is 3.26. The fourth-order valence-corrected chi connectivity index (χ4v) is 2.42. The van der Waals surface area contributed by atoms with Crippen molar-refractivity contribution in [2.75, 3.05) is 33.2 Å². The average Bonchev–Trinajstić information content (AvgIpc) is 2.62. The Morgan fingerprint density at radius 2 is 2.05 bits per heavy atom. The van der Waals surface area contributed by atoms with E-state index in [4.69, 9.17) is 11.6 Å². The highest BCUT2D eigenvalue weighted by atomic mass is 35.5. The molecule has 1 aromatic carbocycles. The van der Waals surface area contributed by atoms with E-state index in [9.17, 15) is 14.9 Å². The number of halogens is 1. The van der Waals surface area contributed by atoms with Crippen molar-refractivity contribution in [2.24, 2.45) is 0 Å². The lowest BCUT2D eigenvalue weighted by Crippen LogP contribution is -2.34. The highest BCUT2D eigenvalue weighted by molar-refractivity contribution is 6.31. The van der Waals surface area contributed by atoms with E-state index in [1.54, 1.807) is 4.90 Å². The number of hydrogen-bond acceptors (Lipinski definition) is 4. The number of nitro groups is 1. The molecule has 0 unspecified atom stereocenters. The van der Waals surface area contributed by atoms with E-state index in [1.165, 1.54) is 18.2 Å². The van der Waals surface area contributed by atoms with Crippen molar-refractivity contribution in [1.82, 2.24) is 9.80 Å². The van der Waals surface area contributed by atoms with Crippen molar-refractivity contribution < 1.29 is 9.72 Å². The van der Waals surface area contributed by atoms with E-state index in [2.05, 4.69) is 4.90 Å². The van der Waals surface area contributed by atoms with Gasteiger partial charge in [-0.1, -0.05) is 11.6 Å². The summed E-state index contributed by atoms with van der Waals surface area (Å²) >= 11 is 5.76. The molecule has 0 N–H and O–H groups in total.